The molecular formula is C30H34O6. The summed E-state index contributed by atoms with van der Waals surface area (Å²) in [6, 6.07) is 15.6. The highest BCUT2D eigenvalue weighted by atomic mass is 16.5. The molecule has 0 atom stereocenters. The lowest BCUT2D eigenvalue weighted by molar-refractivity contribution is -0.134. The van der Waals surface area contributed by atoms with E-state index in [1.165, 1.54) is 12.5 Å². The summed E-state index contributed by atoms with van der Waals surface area (Å²) in [6.45, 7) is 17.2. The molecule has 0 amide bonds. The molecular weight excluding hydrogens is 456 g/mol. The molecule has 0 aromatic heterocycles. The van der Waals surface area contributed by atoms with Crippen molar-refractivity contribution in [2.24, 2.45) is 0 Å². The van der Waals surface area contributed by atoms with Gasteiger partial charge in [0.25, 0.3) is 0 Å². The maximum absolute atomic E-state index is 11.3. The summed E-state index contributed by atoms with van der Waals surface area (Å²) in [7, 11) is 0. The van der Waals surface area contributed by atoms with Gasteiger partial charge in [0.2, 0.25) is 0 Å². The van der Waals surface area contributed by atoms with Crippen LogP contribution in [0.4, 0.5) is 0 Å². The van der Waals surface area contributed by atoms with E-state index in [-0.39, 0.29) is 0 Å². The zero-order valence-corrected chi connectivity index (χ0v) is 21.0. The molecule has 36 heavy (non-hydrogen) atoms. The van der Waals surface area contributed by atoms with Gasteiger partial charge in [0.15, 0.2) is 0 Å². The Morgan fingerprint density at radius 3 is 1.31 bits per heavy atom. The minimum absolute atomic E-state index is 0.358. The summed E-state index contributed by atoms with van der Waals surface area (Å²) in [5.41, 5.74) is 2.84. The van der Waals surface area contributed by atoms with E-state index in [0.717, 1.165) is 22.6 Å². The van der Waals surface area contributed by atoms with Crippen LogP contribution in [0.15, 0.2) is 111 Å². The molecule has 6 nitrogen and oxygen atoms in total. The van der Waals surface area contributed by atoms with Crippen LogP contribution >= 0.6 is 0 Å². The fraction of sp³-hybridized carbons (Fsp3) is 0.200. The first-order chi connectivity index (χ1) is 17.4. The first-order valence-electron chi connectivity index (χ1n) is 11.4. The van der Waals surface area contributed by atoms with Crippen molar-refractivity contribution in [3.8, 4) is 22.6 Å². The highest BCUT2D eigenvalue weighted by Gasteiger charge is 2.02. The van der Waals surface area contributed by atoms with Gasteiger partial charge < -0.3 is 18.9 Å². The van der Waals surface area contributed by atoms with E-state index in [2.05, 4.69) is 26.3 Å². The molecule has 0 heterocycles. The molecule has 2 rings (SSSR count). The molecule has 0 radical (unpaired) electrons. The zero-order valence-electron chi connectivity index (χ0n) is 21.0. The second-order valence-electron chi connectivity index (χ2n) is 7.44. The minimum Gasteiger partial charge on any atom is -0.493 e. The predicted molar refractivity (Wildman–Crippen MR) is 143 cm³/mol. The number of benzene rings is 2. The molecule has 6 heteroatoms. The SMILES string of the molecule is C=C.C=C(C)C(=O)O/C=C/CCOc1ccc(-c2ccc(OCC/C=C/OC(=O)C(=C)C)cc2)cc1. The number of carbonyl (C=O) groups excluding carboxylic acids is 2. The molecule has 190 valence electrons. The van der Waals surface area contributed by atoms with Gasteiger partial charge >= 0.3 is 11.9 Å². The Labute approximate surface area is 213 Å². The summed E-state index contributed by atoms with van der Waals surface area (Å²) in [5.74, 6) is 0.641. The van der Waals surface area contributed by atoms with Gasteiger partial charge in [-0.1, -0.05) is 37.4 Å². The van der Waals surface area contributed by atoms with E-state index in [0.29, 0.717) is 37.2 Å². The van der Waals surface area contributed by atoms with E-state index >= 15 is 0 Å². The van der Waals surface area contributed by atoms with Crippen molar-refractivity contribution in [3.05, 3.63) is 111 Å². The topological polar surface area (TPSA) is 71.1 Å². The number of carbonyl (C=O) groups is 2. The van der Waals surface area contributed by atoms with Gasteiger partial charge in [0.05, 0.1) is 25.7 Å². The van der Waals surface area contributed by atoms with Crippen LogP contribution in [0.3, 0.4) is 0 Å². The van der Waals surface area contributed by atoms with Crippen LogP contribution in [0.5, 0.6) is 11.5 Å². The van der Waals surface area contributed by atoms with E-state index in [4.69, 9.17) is 18.9 Å². The Hall–Kier alpha value is -4.32. The highest BCUT2D eigenvalue weighted by molar-refractivity contribution is 5.87. The first-order valence-corrected chi connectivity index (χ1v) is 11.4. The standard InChI is InChI=1S/C28H30O6.C2H4/c1-21(2)27(29)33-19-7-5-17-31-25-13-9-23(10-14-25)24-11-15-26(16-12-24)32-18-6-8-20-34-28(30)22(3)4;1-2/h7-16,19-20H,1,3,5-6,17-18H2,2,4H3;1-2H2/b19-7+,20-8+;. The number of ether oxygens (including phenoxy) is 4. The van der Waals surface area contributed by atoms with Gasteiger partial charge in [-0.3, -0.25) is 0 Å². The summed E-state index contributed by atoms with van der Waals surface area (Å²) in [4.78, 5) is 22.5. The van der Waals surface area contributed by atoms with Crippen LogP contribution in [-0.2, 0) is 19.1 Å². The fourth-order valence-corrected chi connectivity index (χ4v) is 2.53. The van der Waals surface area contributed by atoms with Crippen LogP contribution in [0.25, 0.3) is 11.1 Å². The van der Waals surface area contributed by atoms with Crippen molar-refractivity contribution in [1.82, 2.24) is 0 Å². The molecule has 0 bridgehead atoms. The molecule has 0 aliphatic carbocycles. The van der Waals surface area contributed by atoms with Crippen LogP contribution in [0, 0.1) is 0 Å². The summed E-state index contributed by atoms with van der Waals surface area (Å²) in [6.07, 6.45) is 7.40. The largest absolute Gasteiger partial charge is 0.493 e. The minimum atomic E-state index is -0.441. The van der Waals surface area contributed by atoms with Crippen molar-refractivity contribution in [2.75, 3.05) is 13.2 Å². The molecule has 0 N–H and O–H groups in total. The van der Waals surface area contributed by atoms with Crippen LogP contribution < -0.4 is 9.47 Å². The Kier molecular flexibility index (Phi) is 14.2. The summed E-state index contributed by atoms with van der Waals surface area (Å²) >= 11 is 0. The van der Waals surface area contributed by atoms with E-state index in [1.807, 2.05) is 48.5 Å². The van der Waals surface area contributed by atoms with Gasteiger partial charge in [-0.15, -0.1) is 13.2 Å². The average Bonchev–Trinajstić information content (AvgIpc) is 2.89. The quantitative estimate of drug-likeness (QED) is 0.0994. The van der Waals surface area contributed by atoms with Gasteiger partial charge in [-0.05, 0) is 61.4 Å². The average molecular weight is 491 g/mol. The van der Waals surface area contributed by atoms with Gasteiger partial charge in [-0.25, -0.2) is 9.59 Å². The molecule has 0 fully saturated rings. The Balaban J connectivity index is 0.00000316. The fourth-order valence-electron chi connectivity index (χ4n) is 2.53. The normalized spacial score (nSPS) is 10.3. The molecule has 0 aliphatic rings. The van der Waals surface area contributed by atoms with Crippen LogP contribution in [-0.4, -0.2) is 25.2 Å². The molecule has 0 saturated heterocycles. The van der Waals surface area contributed by atoms with E-state index < -0.39 is 11.9 Å². The van der Waals surface area contributed by atoms with Gasteiger partial charge in [-0.2, -0.15) is 0 Å². The molecule has 0 spiro atoms. The van der Waals surface area contributed by atoms with Crippen molar-refractivity contribution in [2.45, 2.75) is 26.7 Å². The lowest BCUT2D eigenvalue weighted by atomic mass is 10.1. The Bertz CT molecular complexity index is 960. The third-order valence-corrected chi connectivity index (χ3v) is 4.39. The summed E-state index contributed by atoms with van der Waals surface area (Å²) < 4.78 is 21.2. The molecule has 2 aromatic rings. The number of hydrogen-bond donors (Lipinski definition) is 0. The van der Waals surface area contributed by atoms with Crippen LogP contribution in [0.1, 0.15) is 26.7 Å². The smallest absolute Gasteiger partial charge is 0.337 e. The molecule has 0 aliphatic heterocycles. The number of rotatable bonds is 13. The lowest BCUT2D eigenvalue weighted by Crippen LogP contribution is -2.00. The maximum Gasteiger partial charge on any atom is 0.337 e. The number of esters is 2. The van der Waals surface area contributed by atoms with Crippen molar-refractivity contribution in [1.29, 1.82) is 0 Å². The monoisotopic (exact) mass is 490 g/mol. The Morgan fingerprint density at radius 2 is 1.00 bits per heavy atom. The third kappa shape index (κ3) is 11.7. The summed E-state index contributed by atoms with van der Waals surface area (Å²) in [5, 5.41) is 0. The molecule has 0 saturated carbocycles. The van der Waals surface area contributed by atoms with Crippen molar-refractivity contribution >= 4 is 11.9 Å². The predicted octanol–water partition coefficient (Wildman–Crippen LogP) is 6.96. The lowest BCUT2D eigenvalue weighted by Gasteiger charge is -2.08. The third-order valence-electron chi connectivity index (χ3n) is 4.39. The van der Waals surface area contributed by atoms with E-state index in [9.17, 15) is 9.59 Å². The second kappa shape index (κ2) is 17.2. The zero-order chi connectivity index (χ0) is 26.8. The molecule has 0 unspecified atom stereocenters. The van der Waals surface area contributed by atoms with Crippen molar-refractivity contribution in [3.63, 3.8) is 0 Å². The molecule has 2 aromatic carbocycles. The van der Waals surface area contributed by atoms with Crippen molar-refractivity contribution < 1.29 is 28.5 Å². The van der Waals surface area contributed by atoms with Crippen LogP contribution in [0.2, 0.25) is 0 Å². The second-order valence-corrected chi connectivity index (χ2v) is 7.44. The first kappa shape index (κ1) is 29.7. The van der Waals surface area contributed by atoms with Gasteiger partial charge in [0.1, 0.15) is 11.5 Å². The number of hydrogen-bond acceptors (Lipinski definition) is 6. The van der Waals surface area contributed by atoms with E-state index in [1.54, 1.807) is 26.0 Å². The maximum atomic E-state index is 11.3. The highest BCUT2D eigenvalue weighted by Crippen LogP contribution is 2.24. The van der Waals surface area contributed by atoms with Gasteiger partial charge in [0, 0.05) is 24.0 Å². The Morgan fingerprint density at radius 1 is 0.667 bits per heavy atom.